The molecule has 0 fully saturated rings. The molecule has 1 aromatic heterocycles. The summed E-state index contributed by atoms with van der Waals surface area (Å²) >= 11 is 0. The molecule has 3 rings (SSSR count). The van der Waals surface area contributed by atoms with Gasteiger partial charge in [-0.25, -0.2) is 4.98 Å². The summed E-state index contributed by atoms with van der Waals surface area (Å²) in [6.45, 7) is 4.29. The Balaban J connectivity index is 0.00000161. The standard InChI is InChI=1S/C17H18N2S.ClH/c1-15(2)12-20(19-10-9-18-14-19)11-8-17(13-20)16-6-4-3-5-7-16;/h3-14H,1-2H3;1H. The molecule has 2 heterocycles. The predicted octanol–water partition coefficient (Wildman–Crippen LogP) is 5.36. The molecule has 0 saturated heterocycles. The van der Waals surface area contributed by atoms with Gasteiger partial charge in [0.1, 0.15) is 6.33 Å². The monoisotopic (exact) mass is 318 g/mol. The largest absolute Gasteiger partial charge is 0.288 e. The van der Waals surface area contributed by atoms with Crippen molar-refractivity contribution < 1.29 is 0 Å². The topological polar surface area (TPSA) is 17.8 Å². The highest BCUT2D eigenvalue weighted by molar-refractivity contribution is 8.39. The van der Waals surface area contributed by atoms with Crippen molar-refractivity contribution >= 4 is 28.2 Å². The summed E-state index contributed by atoms with van der Waals surface area (Å²) in [6.07, 6.45) is 8.02. The predicted molar refractivity (Wildman–Crippen MR) is 95.5 cm³/mol. The van der Waals surface area contributed by atoms with Crippen LogP contribution < -0.4 is 0 Å². The van der Waals surface area contributed by atoms with E-state index in [0.29, 0.717) is 0 Å². The number of allylic oxidation sites excluding steroid dienone is 3. The third kappa shape index (κ3) is 3.14. The lowest BCUT2D eigenvalue weighted by Crippen LogP contribution is -1.99. The van der Waals surface area contributed by atoms with Crippen molar-refractivity contribution in [3.8, 4) is 0 Å². The molecule has 2 nitrogen and oxygen atoms in total. The summed E-state index contributed by atoms with van der Waals surface area (Å²) in [4.78, 5) is 4.21. The average Bonchev–Trinajstić information content (AvgIpc) is 3.08. The van der Waals surface area contributed by atoms with Crippen LogP contribution in [0.1, 0.15) is 19.4 Å². The molecule has 1 unspecified atom stereocenters. The van der Waals surface area contributed by atoms with Crippen molar-refractivity contribution in [1.82, 2.24) is 8.96 Å². The lowest BCUT2D eigenvalue weighted by molar-refractivity contribution is 1.22. The molecule has 0 spiro atoms. The zero-order valence-corrected chi connectivity index (χ0v) is 13.8. The normalized spacial score (nSPS) is 22.9. The summed E-state index contributed by atoms with van der Waals surface area (Å²) in [5.74, 6) is 0. The zero-order valence-electron chi connectivity index (χ0n) is 12.1. The van der Waals surface area contributed by atoms with E-state index in [0.717, 1.165) is 0 Å². The number of hydrogen-bond acceptors (Lipinski definition) is 1. The Morgan fingerprint density at radius 3 is 2.57 bits per heavy atom. The summed E-state index contributed by atoms with van der Waals surface area (Å²) in [5.41, 5.74) is 3.87. The molecule has 0 bridgehead atoms. The van der Waals surface area contributed by atoms with E-state index in [2.05, 4.69) is 75.4 Å². The van der Waals surface area contributed by atoms with Crippen LogP contribution in [0.25, 0.3) is 5.57 Å². The van der Waals surface area contributed by atoms with Gasteiger partial charge in [0.05, 0.1) is 0 Å². The highest BCUT2D eigenvalue weighted by Crippen LogP contribution is 2.59. The van der Waals surface area contributed by atoms with E-state index in [1.165, 1.54) is 16.7 Å². The van der Waals surface area contributed by atoms with Crippen LogP contribution in [0.5, 0.6) is 0 Å². The van der Waals surface area contributed by atoms with Crippen molar-refractivity contribution in [2.24, 2.45) is 0 Å². The second-order valence-corrected chi connectivity index (χ2v) is 7.70. The highest BCUT2D eigenvalue weighted by atomic mass is 35.5. The van der Waals surface area contributed by atoms with Crippen LogP contribution in [0.4, 0.5) is 0 Å². The van der Waals surface area contributed by atoms with Gasteiger partial charge in [-0.05, 0) is 47.3 Å². The number of aromatic nitrogens is 2. The third-order valence-electron chi connectivity index (χ3n) is 3.16. The average molecular weight is 319 g/mol. The Bertz CT molecular complexity index is 683. The van der Waals surface area contributed by atoms with Crippen LogP contribution >= 0.6 is 22.6 Å². The molecule has 2 aromatic rings. The minimum atomic E-state index is -1.24. The Kier molecular flexibility index (Phi) is 4.76. The van der Waals surface area contributed by atoms with E-state index in [1.807, 2.05) is 18.7 Å². The third-order valence-corrected chi connectivity index (χ3v) is 6.16. The minimum absolute atomic E-state index is 0. The summed E-state index contributed by atoms with van der Waals surface area (Å²) in [6, 6.07) is 10.5. The minimum Gasteiger partial charge on any atom is -0.288 e. The summed E-state index contributed by atoms with van der Waals surface area (Å²) in [7, 11) is -1.24. The van der Waals surface area contributed by atoms with Gasteiger partial charge in [0, 0.05) is 12.4 Å². The van der Waals surface area contributed by atoms with E-state index in [1.54, 1.807) is 0 Å². The molecule has 0 amide bonds. The van der Waals surface area contributed by atoms with Crippen LogP contribution in [0.2, 0.25) is 0 Å². The maximum Gasteiger partial charge on any atom is 0.104 e. The molecule has 1 aliphatic rings. The molecular weight excluding hydrogens is 300 g/mol. The van der Waals surface area contributed by atoms with Gasteiger partial charge in [-0.3, -0.25) is 3.97 Å². The lowest BCUT2D eigenvalue weighted by atomic mass is 10.1. The van der Waals surface area contributed by atoms with Gasteiger partial charge in [-0.1, -0.05) is 46.1 Å². The molecule has 0 aliphatic carbocycles. The van der Waals surface area contributed by atoms with Crippen LogP contribution in [0, 0.1) is 0 Å². The first-order valence-electron chi connectivity index (χ1n) is 6.62. The molecule has 0 saturated carbocycles. The van der Waals surface area contributed by atoms with E-state index >= 15 is 0 Å². The number of imidazole rings is 1. The maximum atomic E-state index is 4.21. The van der Waals surface area contributed by atoms with Crippen molar-refractivity contribution in [1.29, 1.82) is 0 Å². The quantitative estimate of drug-likeness (QED) is 0.744. The van der Waals surface area contributed by atoms with Gasteiger partial charge in [-0.15, -0.1) is 12.4 Å². The van der Waals surface area contributed by atoms with Crippen molar-refractivity contribution in [3.05, 3.63) is 82.5 Å². The number of benzene rings is 1. The first-order chi connectivity index (χ1) is 9.70. The van der Waals surface area contributed by atoms with Crippen molar-refractivity contribution in [2.45, 2.75) is 13.8 Å². The maximum absolute atomic E-state index is 4.21. The Labute approximate surface area is 133 Å². The SMILES string of the molecule is CC(C)=CS1(n2ccnc2)C=CC(c2ccccc2)=C1.Cl. The van der Waals surface area contributed by atoms with E-state index in [-0.39, 0.29) is 12.4 Å². The second-order valence-electron chi connectivity index (χ2n) is 5.08. The zero-order chi connectivity index (χ0) is 14.0. The van der Waals surface area contributed by atoms with E-state index < -0.39 is 10.2 Å². The van der Waals surface area contributed by atoms with Crippen LogP contribution in [0.3, 0.4) is 0 Å². The fraction of sp³-hybridized carbons (Fsp3) is 0.118. The molecular formula is C17H19ClN2S. The van der Waals surface area contributed by atoms with Gasteiger partial charge in [0.15, 0.2) is 0 Å². The van der Waals surface area contributed by atoms with Gasteiger partial charge in [-0.2, -0.15) is 0 Å². The van der Waals surface area contributed by atoms with Crippen molar-refractivity contribution in [3.63, 3.8) is 0 Å². The fourth-order valence-corrected chi connectivity index (χ4v) is 5.17. The van der Waals surface area contributed by atoms with Gasteiger partial charge < -0.3 is 0 Å². The molecule has 110 valence electrons. The number of rotatable bonds is 3. The Morgan fingerprint density at radius 2 is 1.95 bits per heavy atom. The smallest absolute Gasteiger partial charge is 0.104 e. The second kappa shape index (κ2) is 6.37. The first-order valence-corrected chi connectivity index (χ1v) is 8.40. The number of nitrogens with zero attached hydrogens (tertiary/aromatic N) is 2. The van der Waals surface area contributed by atoms with E-state index in [9.17, 15) is 0 Å². The van der Waals surface area contributed by atoms with Crippen molar-refractivity contribution in [2.75, 3.05) is 0 Å². The Morgan fingerprint density at radius 1 is 1.19 bits per heavy atom. The molecule has 1 atom stereocenters. The van der Waals surface area contributed by atoms with Crippen LogP contribution in [-0.4, -0.2) is 8.96 Å². The van der Waals surface area contributed by atoms with Gasteiger partial charge in [0.25, 0.3) is 0 Å². The molecule has 4 heteroatoms. The first kappa shape index (κ1) is 15.7. The molecule has 1 aromatic carbocycles. The Hall–Kier alpha value is -1.71. The van der Waals surface area contributed by atoms with Gasteiger partial charge in [0.2, 0.25) is 0 Å². The van der Waals surface area contributed by atoms with E-state index in [4.69, 9.17) is 0 Å². The van der Waals surface area contributed by atoms with Gasteiger partial charge >= 0.3 is 0 Å². The molecule has 1 aliphatic heterocycles. The summed E-state index contributed by atoms with van der Waals surface area (Å²) in [5, 5.41) is 7.03. The molecule has 21 heavy (non-hydrogen) atoms. The lowest BCUT2D eigenvalue weighted by Gasteiger charge is -2.30. The highest BCUT2D eigenvalue weighted by Gasteiger charge is 2.23. The number of hydrogen-bond donors (Lipinski definition) is 0. The fourth-order valence-electron chi connectivity index (χ4n) is 2.34. The molecule has 0 radical (unpaired) electrons. The summed E-state index contributed by atoms with van der Waals surface area (Å²) < 4.78 is 2.21. The van der Waals surface area contributed by atoms with Crippen LogP contribution in [0.15, 0.2) is 76.9 Å². The number of halogens is 1. The van der Waals surface area contributed by atoms with Crippen LogP contribution in [-0.2, 0) is 0 Å². The molecule has 0 N–H and O–H groups in total.